The van der Waals surface area contributed by atoms with Crippen LogP contribution in [0.2, 0.25) is 0 Å². The second-order valence-corrected chi connectivity index (χ2v) is 4.68. The summed E-state index contributed by atoms with van der Waals surface area (Å²) in [6.45, 7) is 1.86. The fraction of sp³-hybridized carbons (Fsp3) is 0.125. The van der Waals surface area contributed by atoms with E-state index in [-0.39, 0.29) is 11.8 Å². The molecule has 0 radical (unpaired) electrons. The van der Waals surface area contributed by atoms with Crippen molar-refractivity contribution in [3.8, 4) is 17.6 Å². The van der Waals surface area contributed by atoms with Gasteiger partial charge in [0.25, 0.3) is 0 Å². The van der Waals surface area contributed by atoms with E-state index in [2.05, 4.69) is 4.98 Å². The molecule has 2 N–H and O–H groups in total. The monoisotopic (exact) mass is 279 g/mol. The second-order valence-electron chi connectivity index (χ2n) is 4.68. The summed E-state index contributed by atoms with van der Waals surface area (Å²) in [6.07, 6.45) is 1.58. The van der Waals surface area contributed by atoms with E-state index in [1.54, 1.807) is 24.4 Å². The molecular weight excluding hydrogens is 266 g/mol. The molecule has 0 aliphatic heterocycles. The Morgan fingerprint density at radius 2 is 2.10 bits per heavy atom. The maximum atomic E-state index is 9.16. The van der Waals surface area contributed by atoms with Gasteiger partial charge in [-0.05, 0) is 31.2 Å². The molecule has 2 aromatic heterocycles. The predicted molar refractivity (Wildman–Crippen MR) is 77.8 cm³/mol. The van der Waals surface area contributed by atoms with Gasteiger partial charge >= 0.3 is 0 Å². The highest BCUT2D eigenvalue weighted by atomic mass is 16.5. The number of furan rings is 1. The largest absolute Gasteiger partial charge is 0.450 e. The Hall–Kier alpha value is -2.84. The van der Waals surface area contributed by atoms with Crippen molar-refractivity contribution in [1.82, 2.24) is 4.98 Å². The molecule has 0 spiro atoms. The third-order valence-electron chi connectivity index (χ3n) is 3.10. The molecule has 3 rings (SSSR count). The lowest BCUT2D eigenvalue weighted by Gasteiger charge is -2.07. The summed E-state index contributed by atoms with van der Waals surface area (Å²) in [7, 11) is 0. The van der Waals surface area contributed by atoms with Crippen molar-refractivity contribution in [2.75, 3.05) is 0 Å². The Balaban J connectivity index is 1.99. The Morgan fingerprint density at radius 3 is 2.76 bits per heavy atom. The molecule has 0 unspecified atom stereocenters. The lowest BCUT2D eigenvalue weighted by molar-refractivity contribution is 0.464. The molecule has 0 amide bonds. The first-order valence-electron chi connectivity index (χ1n) is 6.50. The number of ether oxygens (including phenoxy) is 1. The molecule has 5 nitrogen and oxygen atoms in total. The van der Waals surface area contributed by atoms with Gasteiger partial charge in [0.15, 0.2) is 5.75 Å². The van der Waals surface area contributed by atoms with Crippen LogP contribution >= 0.6 is 0 Å². The van der Waals surface area contributed by atoms with Gasteiger partial charge in [0.05, 0.1) is 17.3 Å². The molecule has 21 heavy (non-hydrogen) atoms. The van der Waals surface area contributed by atoms with Crippen LogP contribution in [0.1, 0.15) is 24.4 Å². The first-order chi connectivity index (χ1) is 10.2. The molecule has 1 atom stereocenters. The molecule has 0 saturated carbocycles. The topological polar surface area (TPSA) is 85.1 Å². The number of rotatable bonds is 3. The first kappa shape index (κ1) is 13.2. The van der Waals surface area contributed by atoms with E-state index in [0.717, 1.165) is 11.1 Å². The van der Waals surface area contributed by atoms with E-state index in [1.807, 2.05) is 31.2 Å². The summed E-state index contributed by atoms with van der Waals surface area (Å²) in [4.78, 5) is 4.23. The number of para-hydroxylation sites is 1. The maximum absolute atomic E-state index is 9.16. The number of nitrogens with zero attached hydrogens (tertiary/aromatic N) is 2. The number of fused-ring (bicyclic) bond motifs is 1. The minimum absolute atomic E-state index is 0.136. The van der Waals surface area contributed by atoms with Crippen molar-refractivity contribution in [2.45, 2.75) is 13.0 Å². The van der Waals surface area contributed by atoms with Gasteiger partial charge in [0.1, 0.15) is 17.4 Å². The average Bonchev–Trinajstić information content (AvgIpc) is 2.86. The zero-order valence-electron chi connectivity index (χ0n) is 11.4. The lowest BCUT2D eigenvalue weighted by atomic mass is 10.2. The predicted octanol–water partition coefficient (Wildman–Crippen LogP) is 3.51. The van der Waals surface area contributed by atoms with Crippen LogP contribution in [-0.2, 0) is 0 Å². The van der Waals surface area contributed by atoms with E-state index in [4.69, 9.17) is 20.1 Å². The molecule has 5 heteroatoms. The van der Waals surface area contributed by atoms with E-state index in [0.29, 0.717) is 17.1 Å². The Labute approximate surface area is 121 Å². The number of nitriles is 1. The van der Waals surface area contributed by atoms with Crippen molar-refractivity contribution in [3.63, 3.8) is 0 Å². The van der Waals surface area contributed by atoms with Gasteiger partial charge in [0.2, 0.25) is 5.76 Å². The Morgan fingerprint density at radius 1 is 1.29 bits per heavy atom. The Bertz CT molecular complexity index is 814. The molecule has 0 aliphatic carbocycles. The van der Waals surface area contributed by atoms with E-state index in [1.165, 1.54) is 0 Å². The maximum Gasteiger partial charge on any atom is 0.247 e. The molecule has 0 aliphatic rings. The number of aromatic nitrogens is 1. The van der Waals surface area contributed by atoms with Crippen LogP contribution in [0.5, 0.6) is 11.5 Å². The zero-order valence-corrected chi connectivity index (χ0v) is 11.4. The van der Waals surface area contributed by atoms with Gasteiger partial charge in [0, 0.05) is 6.04 Å². The third-order valence-corrected chi connectivity index (χ3v) is 3.10. The smallest absolute Gasteiger partial charge is 0.247 e. The van der Waals surface area contributed by atoms with Gasteiger partial charge < -0.3 is 14.9 Å². The molecule has 0 saturated heterocycles. The number of nitrogens with two attached hydrogens (primary N) is 1. The zero-order chi connectivity index (χ0) is 14.8. The van der Waals surface area contributed by atoms with E-state index in [9.17, 15) is 0 Å². The minimum Gasteiger partial charge on any atom is -0.450 e. The van der Waals surface area contributed by atoms with Crippen LogP contribution in [0.25, 0.3) is 11.0 Å². The van der Waals surface area contributed by atoms with Crippen molar-refractivity contribution in [3.05, 3.63) is 54.0 Å². The number of benzene rings is 1. The van der Waals surface area contributed by atoms with Crippen LogP contribution in [0.15, 0.2) is 47.0 Å². The quantitative estimate of drug-likeness (QED) is 0.792. The molecule has 0 bridgehead atoms. The van der Waals surface area contributed by atoms with Crippen molar-refractivity contribution in [1.29, 1.82) is 5.26 Å². The summed E-state index contributed by atoms with van der Waals surface area (Å²) in [6, 6.07) is 12.8. The van der Waals surface area contributed by atoms with Gasteiger partial charge in [-0.3, -0.25) is 4.98 Å². The fourth-order valence-electron chi connectivity index (χ4n) is 2.04. The van der Waals surface area contributed by atoms with Gasteiger partial charge in [-0.25, -0.2) is 0 Å². The molecule has 3 aromatic rings. The van der Waals surface area contributed by atoms with Crippen LogP contribution in [0, 0.1) is 11.3 Å². The molecule has 2 heterocycles. The first-order valence-corrected chi connectivity index (χ1v) is 6.50. The van der Waals surface area contributed by atoms with Gasteiger partial charge in [-0.2, -0.15) is 5.26 Å². The lowest BCUT2D eigenvalue weighted by Crippen LogP contribution is -2.06. The average molecular weight is 279 g/mol. The normalized spacial score (nSPS) is 12.0. The number of pyridine rings is 1. The number of hydrogen-bond donors (Lipinski definition) is 1. The van der Waals surface area contributed by atoms with Crippen molar-refractivity contribution >= 4 is 11.0 Å². The minimum atomic E-state index is -0.136. The fourth-order valence-corrected chi connectivity index (χ4v) is 2.04. The summed E-state index contributed by atoms with van der Waals surface area (Å²) in [5, 5.41) is 9.91. The number of hydrogen-bond acceptors (Lipinski definition) is 5. The third kappa shape index (κ3) is 2.45. The standard InChI is InChI=1S/C16H13N3O2/c1-10(18)13-7-6-11(9-19-13)20-16-12-4-2-3-5-14(12)21-15(16)8-17/h2-7,9-10H,18H2,1H3/t10-/m1/s1. The second kappa shape index (κ2) is 5.27. The SMILES string of the molecule is C[C@@H](N)c1ccc(Oc2c(C#N)oc3ccccc23)cn1. The summed E-state index contributed by atoms with van der Waals surface area (Å²) in [5.41, 5.74) is 7.15. The summed E-state index contributed by atoms with van der Waals surface area (Å²) in [5.74, 6) is 1.08. The van der Waals surface area contributed by atoms with Crippen LogP contribution < -0.4 is 10.5 Å². The van der Waals surface area contributed by atoms with Crippen molar-refractivity contribution in [2.24, 2.45) is 5.73 Å². The highest BCUT2D eigenvalue weighted by Gasteiger charge is 2.16. The van der Waals surface area contributed by atoms with E-state index < -0.39 is 0 Å². The Kier molecular flexibility index (Phi) is 3.30. The van der Waals surface area contributed by atoms with E-state index >= 15 is 0 Å². The highest BCUT2D eigenvalue weighted by molar-refractivity contribution is 5.86. The molecule has 104 valence electrons. The van der Waals surface area contributed by atoms with Crippen LogP contribution in [-0.4, -0.2) is 4.98 Å². The van der Waals surface area contributed by atoms with Gasteiger partial charge in [-0.1, -0.05) is 12.1 Å². The van der Waals surface area contributed by atoms with Crippen molar-refractivity contribution < 1.29 is 9.15 Å². The van der Waals surface area contributed by atoms with Crippen LogP contribution in [0.3, 0.4) is 0 Å². The summed E-state index contributed by atoms with van der Waals surface area (Å²) >= 11 is 0. The molecular formula is C16H13N3O2. The summed E-state index contributed by atoms with van der Waals surface area (Å²) < 4.78 is 11.2. The van der Waals surface area contributed by atoms with Crippen LogP contribution in [0.4, 0.5) is 0 Å². The molecule has 1 aromatic carbocycles. The molecule has 0 fully saturated rings. The van der Waals surface area contributed by atoms with Gasteiger partial charge in [-0.15, -0.1) is 0 Å². The highest BCUT2D eigenvalue weighted by Crippen LogP contribution is 2.35.